The largest absolute Gasteiger partial charge is 0.396 e. The number of aliphatic hydroxyl groups excluding tert-OH is 1. The molecule has 0 amide bonds. The van der Waals surface area contributed by atoms with Gasteiger partial charge in [-0.3, -0.25) is 0 Å². The van der Waals surface area contributed by atoms with Gasteiger partial charge in [-0.1, -0.05) is 0 Å². The van der Waals surface area contributed by atoms with Crippen molar-refractivity contribution >= 4 is 17.8 Å². The third-order valence-electron chi connectivity index (χ3n) is 4.16. The summed E-state index contributed by atoms with van der Waals surface area (Å²) in [5.41, 5.74) is 5.98. The topological polar surface area (TPSA) is 109 Å². The molecule has 116 valence electrons. The summed E-state index contributed by atoms with van der Waals surface area (Å²) in [6.45, 7) is 3.86. The Morgan fingerprint density at radius 1 is 1.24 bits per heavy atom. The molecule has 4 N–H and O–H groups in total. The van der Waals surface area contributed by atoms with Crippen LogP contribution in [-0.4, -0.2) is 59.5 Å². The number of nitrogen functional groups attached to an aromatic ring is 1. The molecule has 0 aromatic carbocycles. The fraction of sp³-hybridized carbons (Fsp3) is 0.769. The average molecular weight is 294 g/mol. The van der Waals surface area contributed by atoms with Crippen LogP contribution in [0.2, 0.25) is 0 Å². The van der Waals surface area contributed by atoms with Gasteiger partial charge in [-0.15, -0.1) is 0 Å². The summed E-state index contributed by atoms with van der Waals surface area (Å²) < 4.78 is 5.33. The van der Waals surface area contributed by atoms with E-state index in [2.05, 4.69) is 20.3 Å². The molecule has 0 radical (unpaired) electrons. The number of nitrogens with two attached hydrogens (primary N) is 1. The number of aliphatic hydroxyl groups is 1. The van der Waals surface area contributed by atoms with E-state index in [-0.39, 0.29) is 18.0 Å². The van der Waals surface area contributed by atoms with Crippen molar-refractivity contribution in [1.29, 1.82) is 0 Å². The van der Waals surface area contributed by atoms with Crippen LogP contribution in [0.15, 0.2) is 0 Å². The summed E-state index contributed by atoms with van der Waals surface area (Å²) in [6.07, 6.45) is 3.09. The maximum Gasteiger partial charge on any atom is 0.232 e. The minimum atomic E-state index is 0.204. The van der Waals surface area contributed by atoms with Crippen molar-refractivity contribution in [2.75, 3.05) is 55.4 Å². The van der Waals surface area contributed by atoms with Crippen LogP contribution in [0.4, 0.5) is 17.8 Å². The van der Waals surface area contributed by atoms with Crippen LogP contribution in [-0.2, 0) is 4.74 Å². The molecule has 1 saturated carbocycles. The highest BCUT2D eigenvalue weighted by atomic mass is 16.5. The number of anilines is 3. The lowest BCUT2D eigenvalue weighted by atomic mass is 10.0. The fourth-order valence-electron chi connectivity index (χ4n) is 2.56. The Morgan fingerprint density at radius 3 is 2.67 bits per heavy atom. The Hall–Kier alpha value is -1.67. The number of morpholine rings is 1. The van der Waals surface area contributed by atoms with Crippen LogP contribution in [0.25, 0.3) is 0 Å². The number of ether oxygens (including phenoxy) is 1. The Kier molecular flexibility index (Phi) is 4.07. The maximum atomic E-state index is 9.09. The normalized spacial score (nSPS) is 20.3. The lowest BCUT2D eigenvalue weighted by molar-refractivity contribution is 0.122. The van der Waals surface area contributed by atoms with Gasteiger partial charge >= 0.3 is 0 Å². The van der Waals surface area contributed by atoms with E-state index in [0.29, 0.717) is 25.1 Å². The van der Waals surface area contributed by atoms with E-state index in [0.717, 1.165) is 38.9 Å². The van der Waals surface area contributed by atoms with Gasteiger partial charge in [0.25, 0.3) is 0 Å². The zero-order valence-corrected chi connectivity index (χ0v) is 12.1. The molecule has 1 aromatic heterocycles. The standard InChI is InChI=1S/C13H22N6O2/c14-10-16-11(15-9-13(1-2-13)3-6-20)18-12(17-10)19-4-7-21-8-5-19/h20H,1-9H2,(H3,14,15,16,17,18). The Balaban J connectivity index is 1.66. The average Bonchev–Trinajstić information content (AvgIpc) is 3.26. The fourth-order valence-corrected chi connectivity index (χ4v) is 2.56. The van der Waals surface area contributed by atoms with E-state index >= 15 is 0 Å². The zero-order valence-electron chi connectivity index (χ0n) is 12.1. The highest BCUT2D eigenvalue weighted by Gasteiger charge is 2.41. The lowest BCUT2D eigenvalue weighted by Gasteiger charge is -2.27. The van der Waals surface area contributed by atoms with Gasteiger partial charge in [0, 0.05) is 26.2 Å². The predicted molar refractivity (Wildman–Crippen MR) is 79.1 cm³/mol. The molecular weight excluding hydrogens is 272 g/mol. The van der Waals surface area contributed by atoms with Crippen molar-refractivity contribution < 1.29 is 9.84 Å². The van der Waals surface area contributed by atoms with Crippen LogP contribution in [0.3, 0.4) is 0 Å². The van der Waals surface area contributed by atoms with Crippen LogP contribution in [0.5, 0.6) is 0 Å². The smallest absolute Gasteiger partial charge is 0.232 e. The molecule has 0 unspecified atom stereocenters. The second-order valence-corrected chi connectivity index (χ2v) is 5.74. The molecule has 1 aliphatic heterocycles. The van der Waals surface area contributed by atoms with E-state index in [1.54, 1.807) is 0 Å². The Morgan fingerprint density at radius 2 is 2.00 bits per heavy atom. The molecule has 0 bridgehead atoms. The van der Waals surface area contributed by atoms with E-state index in [1.807, 2.05) is 4.90 Å². The van der Waals surface area contributed by atoms with Crippen molar-refractivity contribution in [3.05, 3.63) is 0 Å². The minimum absolute atomic E-state index is 0.204. The van der Waals surface area contributed by atoms with E-state index in [1.165, 1.54) is 0 Å². The van der Waals surface area contributed by atoms with Gasteiger partial charge in [-0.25, -0.2) is 0 Å². The summed E-state index contributed by atoms with van der Waals surface area (Å²) in [4.78, 5) is 14.8. The molecule has 2 heterocycles. The number of nitrogens with one attached hydrogen (secondary N) is 1. The number of hydrogen-bond donors (Lipinski definition) is 3. The van der Waals surface area contributed by atoms with Crippen molar-refractivity contribution in [3.8, 4) is 0 Å². The first-order valence-corrected chi connectivity index (χ1v) is 7.40. The van der Waals surface area contributed by atoms with Gasteiger partial charge < -0.3 is 25.8 Å². The van der Waals surface area contributed by atoms with Crippen LogP contribution < -0.4 is 16.0 Å². The van der Waals surface area contributed by atoms with Crippen molar-refractivity contribution in [2.24, 2.45) is 5.41 Å². The molecular formula is C13H22N6O2. The van der Waals surface area contributed by atoms with Crippen LogP contribution in [0, 0.1) is 5.41 Å². The molecule has 21 heavy (non-hydrogen) atoms. The monoisotopic (exact) mass is 294 g/mol. The first-order valence-electron chi connectivity index (χ1n) is 7.40. The van der Waals surface area contributed by atoms with Crippen molar-refractivity contribution in [3.63, 3.8) is 0 Å². The Bertz CT molecular complexity index is 488. The van der Waals surface area contributed by atoms with Gasteiger partial charge in [0.15, 0.2) is 0 Å². The second-order valence-electron chi connectivity index (χ2n) is 5.74. The SMILES string of the molecule is Nc1nc(NCC2(CCO)CC2)nc(N2CCOCC2)n1. The highest BCUT2D eigenvalue weighted by Crippen LogP contribution is 2.48. The van der Waals surface area contributed by atoms with Gasteiger partial charge in [0.05, 0.1) is 13.2 Å². The second kappa shape index (κ2) is 5.98. The third kappa shape index (κ3) is 3.51. The molecule has 1 aromatic rings. The van der Waals surface area contributed by atoms with E-state index in [9.17, 15) is 0 Å². The van der Waals surface area contributed by atoms with Crippen molar-refractivity contribution in [2.45, 2.75) is 19.3 Å². The first kappa shape index (κ1) is 14.3. The van der Waals surface area contributed by atoms with Crippen molar-refractivity contribution in [1.82, 2.24) is 15.0 Å². The minimum Gasteiger partial charge on any atom is -0.396 e. The number of nitrogens with zero attached hydrogens (tertiary/aromatic N) is 4. The molecule has 8 nitrogen and oxygen atoms in total. The summed E-state index contributed by atoms with van der Waals surface area (Å²) in [7, 11) is 0. The molecule has 3 rings (SSSR count). The predicted octanol–water partition coefficient (Wildman–Crippen LogP) is -0.135. The molecule has 1 saturated heterocycles. The van der Waals surface area contributed by atoms with E-state index in [4.69, 9.17) is 15.6 Å². The molecule has 8 heteroatoms. The zero-order chi connectivity index (χ0) is 14.7. The number of aromatic nitrogens is 3. The quantitative estimate of drug-likeness (QED) is 0.665. The summed E-state index contributed by atoms with van der Waals surface area (Å²) in [5, 5.41) is 12.3. The summed E-state index contributed by atoms with van der Waals surface area (Å²) >= 11 is 0. The van der Waals surface area contributed by atoms with Crippen LogP contribution in [0.1, 0.15) is 19.3 Å². The summed E-state index contributed by atoms with van der Waals surface area (Å²) in [5.74, 6) is 1.33. The molecule has 0 spiro atoms. The molecule has 2 fully saturated rings. The lowest BCUT2D eigenvalue weighted by Crippen LogP contribution is -2.37. The molecule has 1 aliphatic carbocycles. The van der Waals surface area contributed by atoms with E-state index < -0.39 is 0 Å². The first-order chi connectivity index (χ1) is 10.2. The summed E-state index contributed by atoms with van der Waals surface area (Å²) in [6, 6.07) is 0. The molecule has 2 aliphatic rings. The highest BCUT2D eigenvalue weighted by molar-refractivity contribution is 5.42. The Labute approximate surface area is 123 Å². The third-order valence-corrected chi connectivity index (χ3v) is 4.16. The molecule has 0 atom stereocenters. The van der Waals surface area contributed by atoms with Gasteiger partial charge in [0.1, 0.15) is 0 Å². The number of hydrogen-bond acceptors (Lipinski definition) is 8. The number of rotatable bonds is 6. The maximum absolute atomic E-state index is 9.09. The van der Waals surface area contributed by atoms with Gasteiger partial charge in [-0.05, 0) is 24.7 Å². The van der Waals surface area contributed by atoms with Gasteiger partial charge in [0.2, 0.25) is 17.8 Å². The van der Waals surface area contributed by atoms with Gasteiger partial charge in [-0.2, -0.15) is 15.0 Å². The van der Waals surface area contributed by atoms with Crippen LogP contribution >= 0.6 is 0 Å².